The number of aromatic nitrogens is 2. The van der Waals surface area contributed by atoms with E-state index in [1.165, 1.54) is 74.5 Å². The van der Waals surface area contributed by atoms with Crippen LogP contribution in [0.5, 0.6) is 0 Å². The van der Waals surface area contributed by atoms with Gasteiger partial charge in [0.1, 0.15) is 0 Å². The first-order valence-electron chi connectivity index (χ1n) is 23.3. The van der Waals surface area contributed by atoms with Crippen LogP contribution < -0.4 is 21.5 Å². The van der Waals surface area contributed by atoms with Crippen molar-refractivity contribution in [3.05, 3.63) is 117 Å². The van der Waals surface area contributed by atoms with Crippen molar-refractivity contribution in [2.75, 3.05) is 97.6 Å². The van der Waals surface area contributed by atoms with Crippen LogP contribution in [0.1, 0.15) is 94.0 Å². The quantitative estimate of drug-likeness (QED) is 0.157. The average molecular weight is 826 g/mol. The zero-order valence-corrected chi connectivity index (χ0v) is 36.7. The van der Waals surface area contributed by atoms with Crippen molar-refractivity contribution in [1.29, 1.82) is 0 Å². The van der Waals surface area contributed by atoms with Gasteiger partial charge in [-0.05, 0) is 129 Å². The number of hydrazine groups is 2. The molecule has 0 saturated carbocycles. The SMILES string of the molecule is CN1CCN(Nc2cc(C3CC[C@H](N(C)C[C@H]4Cc5c(cccc5NN5CCOCC5)CN4)c4ncccc43)cc3c2C[C@@H](CN(C)[C@H]2CCCc4cccnc42)NC3)CC1. The van der Waals surface area contributed by atoms with Crippen LogP contribution in [0.4, 0.5) is 11.4 Å². The molecule has 0 bridgehead atoms. The number of ether oxygens (including phenoxy) is 1. The van der Waals surface area contributed by atoms with E-state index in [1.807, 2.05) is 12.4 Å². The van der Waals surface area contributed by atoms with Crippen molar-refractivity contribution in [3.63, 3.8) is 0 Å². The van der Waals surface area contributed by atoms with Crippen molar-refractivity contribution in [2.24, 2.45) is 0 Å². The fourth-order valence-corrected chi connectivity index (χ4v) is 11.3. The maximum absolute atomic E-state index is 5.61. The lowest BCUT2D eigenvalue weighted by Gasteiger charge is -2.40. The minimum atomic E-state index is 0.281. The van der Waals surface area contributed by atoms with Crippen molar-refractivity contribution in [3.8, 4) is 0 Å². The van der Waals surface area contributed by atoms with Gasteiger partial charge in [0.2, 0.25) is 0 Å². The van der Waals surface area contributed by atoms with Crippen molar-refractivity contribution in [1.82, 2.24) is 45.3 Å². The molecule has 12 heteroatoms. The zero-order valence-electron chi connectivity index (χ0n) is 36.7. The van der Waals surface area contributed by atoms with Gasteiger partial charge in [-0.2, -0.15) is 0 Å². The number of morpholine rings is 1. The maximum atomic E-state index is 5.61. The molecule has 324 valence electrons. The molecular weight excluding hydrogens is 759 g/mol. The summed E-state index contributed by atoms with van der Waals surface area (Å²) in [4.78, 5) is 17.6. The Morgan fingerprint density at radius 1 is 0.689 bits per heavy atom. The van der Waals surface area contributed by atoms with Crippen LogP contribution >= 0.6 is 0 Å². The van der Waals surface area contributed by atoms with Gasteiger partial charge in [-0.3, -0.25) is 19.8 Å². The number of rotatable bonds is 11. The summed E-state index contributed by atoms with van der Waals surface area (Å²) in [5.74, 6) is 0.308. The fourth-order valence-electron chi connectivity index (χ4n) is 11.3. The van der Waals surface area contributed by atoms with E-state index in [1.54, 1.807) is 0 Å². The minimum Gasteiger partial charge on any atom is -0.379 e. The zero-order chi connectivity index (χ0) is 41.3. The summed E-state index contributed by atoms with van der Waals surface area (Å²) in [6.07, 6.45) is 11.7. The van der Waals surface area contributed by atoms with E-state index in [-0.39, 0.29) is 6.04 Å². The molecule has 6 aliphatic rings. The molecule has 2 saturated heterocycles. The van der Waals surface area contributed by atoms with E-state index in [0.29, 0.717) is 24.0 Å². The molecule has 0 spiro atoms. The van der Waals surface area contributed by atoms with Gasteiger partial charge in [-0.25, -0.2) is 10.0 Å². The second kappa shape index (κ2) is 18.4. The average Bonchev–Trinajstić information content (AvgIpc) is 3.29. The minimum absolute atomic E-state index is 0.281. The third kappa shape index (κ3) is 8.97. The summed E-state index contributed by atoms with van der Waals surface area (Å²) < 4.78 is 5.61. The first-order valence-corrected chi connectivity index (χ1v) is 23.3. The van der Waals surface area contributed by atoms with E-state index in [0.717, 1.165) is 111 Å². The molecule has 4 N–H and O–H groups in total. The van der Waals surface area contributed by atoms with Gasteiger partial charge in [-0.15, -0.1) is 0 Å². The topological polar surface area (TPSA) is 99.3 Å². The van der Waals surface area contributed by atoms with Gasteiger partial charge in [0.05, 0.1) is 48.1 Å². The highest BCUT2D eigenvalue weighted by atomic mass is 16.5. The van der Waals surface area contributed by atoms with Crippen LogP contribution in [0.15, 0.2) is 67.0 Å². The van der Waals surface area contributed by atoms with Crippen LogP contribution in [-0.2, 0) is 37.1 Å². The lowest BCUT2D eigenvalue weighted by molar-refractivity contribution is 0.0496. The molecule has 2 aliphatic carbocycles. The lowest BCUT2D eigenvalue weighted by Crippen LogP contribution is -2.48. The Morgan fingerprint density at radius 2 is 1.34 bits per heavy atom. The van der Waals surface area contributed by atoms with Crippen LogP contribution in [0, 0.1) is 0 Å². The summed E-state index contributed by atoms with van der Waals surface area (Å²) >= 11 is 0. The number of nitrogens with zero attached hydrogens (tertiary/aromatic N) is 7. The number of piperazine rings is 1. The Bertz CT molecular complexity index is 2130. The summed E-state index contributed by atoms with van der Waals surface area (Å²) in [7, 11) is 6.86. The predicted octanol–water partition coefficient (Wildman–Crippen LogP) is 5.35. The first-order chi connectivity index (χ1) is 29.9. The Morgan fingerprint density at radius 3 is 2.13 bits per heavy atom. The van der Waals surface area contributed by atoms with Crippen molar-refractivity contribution in [2.45, 2.75) is 88.1 Å². The molecule has 4 aliphatic heterocycles. The van der Waals surface area contributed by atoms with Crippen molar-refractivity contribution < 1.29 is 4.74 Å². The number of likely N-dealkylation sites (N-methyl/N-ethyl adjacent to an activating group) is 3. The Labute approximate surface area is 363 Å². The monoisotopic (exact) mass is 826 g/mol. The summed E-state index contributed by atoms with van der Waals surface area (Å²) in [6, 6.07) is 22.1. The van der Waals surface area contributed by atoms with Gasteiger partial charge < -0.3 is 31.1 Å². The molecule has 6 heterocycles. The molecule has 10 rings (SSSR count). The van der Waals surface area contributed by atoms with Crippen molar-refractivity contribution >= 4 is 11.4 Å². The Kier molecular flexibility index (Phi) is 12.4. The van der Waals surface area contributed by atoms with E-state index in [2.05, 4.69) is 122 Å². The number of benzene rings is 2. The highest BCUT2D eigenvalue weighted by Crippen LogP contribution is 2.44. The van der Waals surface area contributed by atoms with Gasteiger partial charge in [-0.1, -0.05) is 30.3 Å². The number of fused-ring (bicyclic) bond motifs is 4. The third-order valence-electron chi connectivity index (χ3n) is 14.7. The Hall–Kier alpha value is -3.98. The maximum Gasteiger partial charge on any atom is 0.0613 e. The number of aryl methyl sites for hydroxylation is 1. The standard InChI is InChI=1S/C49H67N11O/c1-56-18-20-59(21-19-56)55-45-27-36(26-37-31-53-39(29-43(37)45)32-57(2)46-13-5-8-34-10-6-16-50-48(34)46)40-14-15-47(49-41(40)11-7-17-51-49)58(3)33-38-28-42-35(30-52-38)9-4-12-44(42)54-60-22-24-61-25-23-60/h4,6-7,9-12,16-17,26-27,38-40,46-47,52-55H,5,8,13-15,18-25,28-33H2,1-3H3/t38-,39+,40?,46+,47+/m1/s1. The lowest BCUT2D eigenvalue weighted by atomic mass is 9.77. The highest BCUT2D eigenvalue weighted by Gasteiger charge is 2.35. The molecule has 5 atom stereocenters. The Balaban J connectivity index is 0.866. The van der Waals surface area contributed by atoms with E-state index in [4.69, 9.17) is 14.7 Å². The molecule has 12 nitrogen and oxygen atoms in total. The molecule has 0 radical (unpaired) electrons. The highest BCUT2D eigenvalue weighted by molar-refractivity contribution is 5.60. The second-order valence-corrected chi connectivity index (χ2v) is 18.8. The normalized spacial score (nSPS) is 26.0. The fraction of sp³-hybridized carbons (Fsp3) is 0.551. The number of pyridine rings is 2. The molecule has 2 fully saturated rings. The predicted molar refractivity (Wildman–Crippen MR) is 243 cm³/mol. The molecule has 4 aromatic rings. The van der Waals surface area contributed by atoms with Gasteiger partial charge >= 0.3 is 0 Å². The molecule has 2 aromatic carbocycles. The summed E-state index contributed by atoms with van der Waals surface area (Å²) in [5, 5.41) is 12.6. The number of hydrogen-bond acceptors (Lipinski definition) is 12. The second-order valence-electron chi connectivity index (χ2n) is 18.8. The van der Waals surface area contributed by atoms with Crippen LogP contribution in [0.25, 0.3) is 0 Å². The van der Waals surface area contributed by atoms with E-state index in [9.17, 15) is 0 Å². The first kappa shape index (κ1) is 41.1. The molecule has 1 unspecified atom stereocenters. The largest absolute Gasteiger partial charge is 0.379 e. The van der Waals surface area contributed by atoms with Gasteiger partial charge in [0.25, 0.3) is 0 Å². The molecule has 2 aromatic heterocycles. The van der Waals surface area contributed by atoms with E-state index < -0.39 is 0 Å². The number of hydrogen-bond donors (Lipinski definition) is 4. The molecule has 61 heavy (non-hydrogen) atoms. The smallest absolute Gasteiger partial charge is 0.0613 e. The van der Waals surface area contributed by atoms with Gasteiger partial charge in [0, 0.05) is 95.8 Å². The van der Waals surface area contributed by atoms with Crippen LogP contribution in [0.3, 0.4) is 0 Å². The molecular formula is C49H67N11O. The molecule has 0 amide bonds. The number of anilines is 2. The summed E-state index contributed by atoms with van der Waals surface area (Å²) in [6.45, 7) is 11.3. The third-order valence-corrected chi connectivity index (χ3v) is 14.7. The van der Waals surface area contributed by atoms with Crippen LogP contribution in [0.2, 0.25) is 0 Å². The summed E-state index contributed by atoms with van der Waals surface area (Å²) in [5.41, 5.74) is 22.8. The van der Waals surface area contributed by atoms with E-state index >= 15 is 0 Å². The number of nitrogens with one attached hydrogen (secondary N) is 4. The van der Waals surface area contributed by atoms with Crippen LogP contribution in [-0.4, -0.2) is 133 Å². The van der Waals surface area contributed by atoms with Gasteiger partial charge in [0.15, 0.2) is 0 Å².